The van der Waals surface area contributed by atoms with Crippen LogP contribution in [0.25, 0.3) is 0 Å². The number of piperidine rings is 1. The Labute approximate surface area is 96.2 Å². The fourth-order valence-electron chi connectivity index (χ4n) is 1.24. The minimum atomic E-state index is -0.979. The molecule has 1 rings (SSSR count). The predicted molar refractivity (Wildman–Crippen MR) is 60.2 cm³/mol. The molecule has 5 nitrogen and oxygen atoms in total. The number of carbonyl (C=O) groups excluding carboxylic acids is 1. The SMILES string of the molecule is C1CCNCC1.CCOC(=O)CCC(=O)O. The molecule has 0 radical (unpaired) electrons. The molecule has 0 unspecified atom stereocenters. The number of rotatable bonds is 4. The van der Waals surface area contributed by atoms with Crippen LogP contribution in [0.15, 0.2) is 0 Å². The van der Waals surface area contributed by atoms with Gasteiger partial charge in [0.15, 0.2) is 0 Å². The number of carboxylic acid groups (broad SMARTS) is 1. The van der Waals surface area contributed by atoms with Crippen molar-refractivity contribution < 1.29 is 19.4 Å². The fourth-order valence-corrected chi connectivity index (χ4v) is 1.24. The maximum absolute atomic E-state index is 10.5. The van der Waals surface area contributed by atoms with Gasteiger partial charge in [-0.05, 0) is 32.9 Å². The summed E-state index contributed by atoms with van der Waals surface area (Å²) in [5, 5.41) is 11.4. The Morgan fingerprint density at radius 3 is 2.12 bits per heavy atom. The lowest BCUT2D eigenvalue weighted by molar-refractivity contribution is -0.147. The lowest BCUT2D eigenvalue weighted by Crippen LogP contribution is -2.21. The number of aliphatic carboxylic acids is 1. The third-order valence-corrected chi connectivity index (χ3v) is 2.06. The monoisotopic (exact) mass is 231 g/mol. The summed E-state index contributed by atoms with van der Waals surface area (Å²) in [4.78, 5) is 20.4. The highest BCUT2D eigenvalue weighted by atomic mass is 16.5. The molecule has 94 valence electrons. The molecule has 0 bridgehead atoms. The van der Waals surface area contributed by atoms with Gasteiger partial charge in [-0.15, -0.1) is 0 Å². The van der Waals surface area contributed by atoms with E-state index in [2.05, 4.69) is 10.1 Å². The molecular weight excluding hydrogens is 210 g/mol. The molecule has 1 aliphatic rings. The fraction of sp³-hybridized carbons (Fsp3) is 0.818. The van der Waals surface area contributed by atoms with Crippen LogP contribution in [0.2, 0.25) is 0 Å². The average molecular weight is 231 g/mol. The van der Waals surface area contributed by atoms with E-state index in [0.717, 1.165) is 0 Å². The van der Waals surface area contributed by atoms with Gasteiger partial charge in [0.05, 0.1) is 19.4 Å². The predicted octanol–water partition coefficient (Wildman–Crippen LogP) is 1.17. The minimum absolute atomic E-state index is 0.0385. The molecule has 0 aromatic rings. The van der Waals surface area contributed by atoms with E-state index in [4.69, 9.17) is 5.11 Å². The van der Waals surface area contributed by atoms with E-state index in [-0.39, 0.29) is 12.8 Å². The van der Waals surface area contributed by atoms with Gasteiger partial charge in [0.2, 0.25) is 0 Å². The zero-order chi connectivity index (χ0) is 12.2. The molecule has 0 saturated carbocycles. The maximum Gasteiger partial charge on any atom is 0.306 e. The Hall–Kier alpha value is -1.10. The van der Waals surface area contributed by atoms with Crippen LogP contribution in [0, 0.1) is 0 Å². The van der Waals surface area contributed by atoms with Gasteiger partial charge in [0.1, 0.15) is 0 Å². The van der Waals surface area contributed by atoms with Gasteiger partial charge in [0, 0.05) is 0 Å². The largest absolute Gasteiger partial charge is 0.481 e. The van der Waals surface area contributed by atoms with E-state index in [1.165, 1.54) is 32.4 Å². The molecule has 1 heterocycles. The van der Waals surface area contributed by atoms with Gasteiger partial charge in [-0.1, -0.05) is 6.42 Å². The molecule has 0 aromatic carbocycles. The highest BCUT2D eigenvalue weighted by Gasteiger charge is 2.04. The lowest BCUT2D eigenvalue weighted by Gasteiger charge is -2.08. The van der Waals surface area contributed by atoms with E-state index in [9.17, 15) is 9.59 Å². The second-order valence-corrected chi connectivity index (χ2v) is 3.51. The van der Waals surface area contributed by atoms with Crippen molar-refractivity contribution >= 4 is 11.9 Å². The van der Waals surface area contributed by atoms with Crippen molar-refractivity contribution in [2.75, 3.05) is 19.7 Å². The van der Waals surface area contributed by atoms with Crippen molar-refractivity contribution in [3.8, 4) is 0 Å². The first-order chi connectivity index (χ1) is 7.66. The summed E-state index contributed by atoms with van der Waals surface area (Å²) in [6.07, 6.45) is 4.02. The molecule has 5 heteroatoms. The van der Waals surface area contributed by atoms with Gasteiger partial charge in [-0.3, -0.25) is 9.59 Å². The minimum Gasteiger partial charge on any atom is -0.481 e. The Morgan fingerprint density at radius 1 is 1.19 bits per heavy atom. The molecule has 1 saturated heterocycles. The Bertz CT molecular complexity index is 191. The molecule has 0 aliphatic carbocycles. The number of nitrogens with one attached hydrogen (secondary N) is 1. The van der Waals surface area contributed by atoms with Crippen LogP contribution in [-0.4, -0.2) is 36.7 Å². The normalized spacial score (nSPS) is 14.6. The lowest BCUT2D eigenvalue weighted by atomic mass is 10.2. The maximum atomic E-state index is 10.5. The van der Waals surface area contributed by atoms with E-state index >= 15 is 0 Å². The summed E-state index contributed by atoms with van der Waals surface area (Å²) in [5.41, 5.74) is 0. The zero-order valence-electron chi connectivity index (χ0n) is 9.83. The Morgan fingerprint density at radius 2 is 1.81 bits per heavy atom. The first-order valence-corrected chi connectivity index (χ1v) is 5.75. The summed E-state index contributed by atoms with van der Waals surface area (Å²) in [6, 6.07) is 0. The number of hydrogen-bond acceptors (Lipinski definition) is 4. The van der Waals surface area contributed by atoms with Crippen LogP contribution in [0.1, 0.15) is 39.0 Å². The quantitative estimate of drug-likeness (QED) is 0.710. The number of ether oxygens (including phenoxy) is 1. The number of carboxylic acids is 1. The number of hydrogen-bond donors (Lipinski definition) is 2. The van der Waals surface area contributed by atoms with Crippen LogP contribution < -0.4 is 5.32 Å². The second kappa shape index (κ2) is 10.4. The van der Waals surface area contributed by atoms with E-state index in [1.807, 2.05) is 0 Å². The Kier molecular flexibility index (Phi) is 9.70. The van der Waals surface area contributed by atoms with Crippen LogP contribution in [-0.2, 0) is 14.3 Å². The standard InChI is InChI=1S/C6H10O4.C5H11N/c1-2-10-6(9)4-3-5(7)8;1-2-4-6-5-3-1/h2-4H2,1H3,(H,7,8);6H,1-5H2. The van der Waals surface area contributed by atoms with Crippen molar-refractivity contribution in [3.05, 3.63) is 0 Å². The summed E-state index contributed by atoms with van der Waals surface area (Å²) < 4.78 is 4.49. The van der Waals surface area contributed by atoms with Crippen molar-refractivity contribution in [2.45, 2.75) is 39.0 Å². The highest BCUT2D eigenvalue weighted by Crippen LogP contribution is 1.96. The first kappa shape index (κ1) is 14.9. The third kappa shape index (κ3) is 11.0. The second-order valence-electron chi connectivity index (χ2n) is 3.51. The first-order valence-electron chi connectivity index (χ1n) is 5.75. The van der Waals surface area contributed by atoms with E-state index in [0.29, 0.717) is 6.61 Å². The summed E-state index contributed by atoms with van der Waals surface area (Å²) >= 11 is 0. The smallest absolute Gasteiger partial charge is 0.306 e. The van der Waals surface area contributed by atoms with E-state index in [1.54, 1.807) is 6.92 Å². The van der Waals surface area contributed by atoms with Crippen LogP contribution in [0.4, 0.5) is 0 Å². The van der Waals surface area contributed by atoms with Crippen molar-refractivity contribution in [2.24, 2.45) is 0 Å². The van der Waals surface area contributed by atoms with Crippen molar-refractivity contribution in [3.63, 3.8) is 0 Å². The van der Waals surface area contributed by atoms with Crippen molar-refractivity contribution in [1.29, 1.82) is 0 Å². The van der Waals surface area contributed by atoms with Gasteiger partial charge >= 0.3 is 11.9 Å². The average Bonchev–Trinajstić information content (AvgIpc) is 2.30. The van der Waals surface area contributed by atoms with Gasteiger partial charge < -0.3 is 15.2 Å². The molecule has 0 atom stereocenters. The van der Waals surface area contributed by atoms with Gasteiger partial charge in [-0.2, -0.15) is 0 Å². The van der Waals surface area contributed by atoms with Crippen LogP contribution in [0.3, 0.4) is 0 Å². The molecule has 1 fully saturated rings. The molecule has 0 aromatic heterocycles. The van der Waals surface area contributed by atoms with Gasteiger partial charge in [0.25, 0.3) is 0 Å². The summed E-state index contributed by atoms with van der Waals surface area (Å²) in [6.45, 7) is 4.48. The topological polar surface area (TPSA) is 75.6 Å². The molecular formula is C11H21NO4. The number of esters is 1. The highest BCUT2D eigenvalue weighted by molar-refractivity contribution is 5.76. The van der Waals surface area contributed by atoms with Crippen LogP contribution >= 0.6 is 0 Å². The summed E-state index contributed by atoms with van der Waals surface area (Å²) in [5.74, 6) is -1.43. The molecule has 2 N–H and O–H groups in total. The molecule has 1 aliphatic heterocycles. The number of carbonyl (C=O) groups is 2. The Balaban J connectivity index is 0.000000315. The third-order valence-electron chi connectivity index (χ3n) is 2.06. The zero-order valence-corrected chi connectivity index (χ0v) is 9.83. The molecule has 0 spiro atoms. The van der Waals surface area contributed by atoms with Gasteiger partial charge in [-0.25, -0.2) is 0 Å². The van der Waals surface area contributed by atoms with E-state index < -0.39 is 11.9 Å². The molecule has 16 heavy (non-hydrogen) atoms. The summed E-state index contributed by atoms with van der Waals surface area (Å²) in [7, 11) is 0. The van der Waals surface area contributed by atoms with Crippen molar-refractivity contribution in [1.82, 2.24) is 5.32 Å². The van der Waals surface area contributed by atoms with Crippen LogP contribution in [0.5, 0.6) is 0 Å². The molecule has 0 amide bonds.